The summed E-state index contributed by atoms with van der Waals surface area (Å²) in [5, 5.41) is 11.2. The second kappa shape index (κ2) is 5.18. The molecule has 86 valence electrons. The average molecular weight is 262 g/mol. The number of carbonyl (C=O) groups excluding carboxylic acids is 1. The minimum absolute atomic E-state index is 0.0848. The summed E-state index contributed by atoms with van der Waals surface area (Å²) in [5.41, 5.74) is 1.20. The van der Waals surface area contributed by atoms with Gasteiger partial charge in [-0.05, 0) is 24.6 Å². The number of benzene rings is 1. The Bertz CT molecular complexity index is 432. The van der Waals surface area contributed by atoms with Gasteiger partial charge in [-0.3, -0.25) is 4.79 Å². The van der Waals surface area contributed by atoms with Crippen LogP contribution >= 0.6 is 23.2 Å². The van der Waals surface area contributed by atoms with Gasteiger partial charge in [0.1, 0.15) is 0 Å². The molecule has 0 radical (unpaired) electrons. The van der Waals surface area contributed by atoms with Gasteiger partial charge in [0, 0.05) is 5.69 Å². The van der Waals surface area contributed by atoms with E-state index in [2.05, 4.69) is 5.32 Å². The van der Waals surface area contributed by atoms with Gasteiger partial charge in [-0.2, -0.15) is 0 Å². The number of amides is 1. The Labute approximate surface area is 102 Å². The SMILES string of the molecule is Cc1ccc(C(=O)O)cc1NC(=O)C(Cl)Cl. The minimum atomic E-state index is -1.19. The van der Waals surface area contributed by atoms with Gasteiger partial charge in [-0.1, -0.05) is 29.3 Å². The molecule has 0 aliphatic carbocycles. The van der Waals surface area contributed by atoms with Crippen LogP contribution in [0, 0.1) is 6.92 Å². The zero-order valence-electron chi connectivity index (χ0n) is 8.33. The first-order valence-electron chi connectivity index (χ1n) is 4.34. The number of rotatable bonds is 3. The third-order valence-corrected chi connectivity index (χ3v) is 2.34. The van der Waals surface area contributed by atoms with E-state index in [0.29, 0.717) is 5.69 Å². The highest BCUT2D eigenvalue weighted by molar-refractivity contribution is 6.54. The summed E-state index contributed by atoms with van der Waals surface area (Å²) in [5.74, 6) is -1.65. The number of alkyl halides is 2. The number of aromatic carboxylic acids is 1. The molecular formula is C10H9Cl2NO3. The monoisotopic (exact) mass is 261 g/mol. The van der Waals surface area contributed by atoms with Crippen molar-refractivity contribution in [2.45, 2.75) is 11.8 Å². The first-order valence-corrected chi connectivity index (χ1v) is 5.22. The number of aryl methyl sites for hydroxylation is 1. The van der Waals surface area contributed by atoms with Crippen LogP contribution in [0.25, 0.3) is 0 Å². The summed E-state index contributed by atoms with van der Waals surface area (Å²) in [6.45, 7) is 1.73. The fourth-order valence-electron chi connectivity index (χ4n) is 1.08. The summed E-state index contributed by atoms with van der Waals surface area (Å²) in [7, 11) is 0. The predicted molar refractivity (Wildman–Crippen MR) is 62.3 cm³/mol. The molecule has 2 N–H and O–H groups in total. The number of halogens is 2. The molecule has 4 nitrogen and oxygen atoms in total. The molecule has 1 amide bonds. The van der Waals surface area contributed by atoms with Crippen molar-refractivity contribution >= 4 is 40.8 Å². The van der Waals surface area contributed by atoms with E-state index < -0.39 is 16.7 Å². The molecule has 0 spiro atoms. The Hall–Kier alpha value is -1.26. The molecule has 16 heavy (non-hydrogen) atoms. The van der Waals surface area contributed by atoms with E-state index in [1.165, 1.54) is 12.1 Å². The Kier molecular flexibility index (Phi) is 4.15. The van der Waals surface area contributed by atoms with Gasteiger partial charge < -0.3 is 10.4 Å². The van der Waals surface area contributed by atoms with Gasteiger partial charge in [0.2, 0.25) is 0 Å². The maximum Gasteiger partial charge on any atom is 0.335 e. The predicted octanol–water partition coefficient (Wildman–Crippen LogP) is 2.44. The lowest BCUT2D eigenvalue weighted by molar-refractivity contribution is -0.114. The van der Waals surface area contributed by atoms with Crippen LogP contribution in [0.2, 0.25) is 0 Å². The summed E-state index contributed by atoms with van der Waals surface area (Å²) in [6.07, 6.45) is 0. The second-order valence-corrected chi connectivity index (χ2v) is 4.22. The molecular weight excluding hydrogens is 253 g/mol. The molecule has 0 saturated carbocycles. The van der Waals surface area contributed by atoms with Crippen LogP contribution in [0.15, 0.2) is 18.2 Å². The third-order valence-electron chi connectivity index (χ3n) is 1.94. The van der Waals surface area contributed by atoms with E-state index >= 15 is 0 Å². The zero-order chi connectivity index (χ0) is 12.3. The first-order chi connectivity index (χ1) is 7.41. The lowest BCUT2D eigenvalue weighted by Gasteiger charge is -2.09. The van der Waals surface area contributed by atoms with Gasteiger partial charge >= 0.3 is 5.97 Å². The van der Waals surface area contributed by atoms with Gasteiger partial charge in [0.25, 0.3) is 5.91 Å². The largest absolute Gasteiger partial charge is 0.478 e. The van der Waals surface area contributed by atoms with Crippen molar-refractivity contribution in [3.8, 4) is 0 Å². The van der Waals surface area contributed by atoms with Gasteiger partial charge in [-0.25, -0.2) is 4.79 Å². The normalized spacial score (nSPS) is 10.2. The van der Waals surface area contributed by atoms with E-state index in [1.807, 2.05) is 0 Å². The van der Waals surface area contributed by atoms with Crippen LogP contribution in [-0.2, 0) is 4.79 Å². The van der Waals surface area contributed by atoms with Crippen LogP contribution in [0.5, 0.6) is 0 Å². The van der Waals surface area contributed by atoms with Gasteiger partial charge in [0.15, 0.2) is 4.84 Å². The Morgan fingerprint density at radius 2 is 2.00 bits per heavy atom. The maximum absolute atomic E-state index is 11.2. The fourth-order valence-corrected chi connectivity index (χ4v) is 1.19. The molecule has 0 aliphatic heterocycles. The van der Waals surface area contributed by atoms with Crippen molar-refractivity contribution in [3.05, 3.63) is 29.3 Å². The number of carboxylic acids is 1. The highest BCUT2D eigenvalue weighted by Gasteiger charge is 2.13. The lowest BCUT2D eigenvalue weighted by atomic mass is 10.1. The first kappa shape index (κ1) is 12.8. The fraction of sp³-hybridized carbons (Fsp3) is 0.200. The Morgan fingerprint density at radius 1 is 1.38 bits per heavy atom. The van der Waals surface area contributed by atoms with Crippen LogP contribution in [0.1, 0.15) is 15.9 Å². The molecule has 1 rings (SSSR count). The number of hydrogen-bond acceptors (Lipinski definition) is 2. The van der Waals surface area contributed by atoms with E-state index in [-0.39, 0.29) is 5.56 Å². The molecule has 0 bridgehead atoms. The number of hydrogen-bond donors (Lipinski definition) is 2. The molecule has 1 aromatic rings. The van der Waals surface area contributed by atoms with Crippen LogP contribution in [0.4, 0.5) is 5.69 Å². The average Bonchev–Trinajstić information content (AvgIpc) is 2.20. The number of carboxylic acid groups (broad SMARTS) is 1. The molecule has 0 atom stereocenters. The second-order valence-electron chi connectivity index (χ2n) is 3.12. The molecule has 0 unspecified atom stereocenters. The Balaban J connectivity index is 2.99. The van der Waals surface area contributed by atoms with Crippen molar-refractivity contribution in [2.75, 3.05) is 5.32 Å². The van der Waals surface area contributed by atoms with Crippen molar-refractivity contribution in [1.29, 1.82) is 0 Å². The molecule has 6 heteroatoms. The van der Waals surface area contributed by atoms with Crippen molar-refractivity contribution < 1.29 is 14.7 Å². The quantitative estimate of drug-likeness (QED) is 0.822. The Morgan fingerprint density at radius 3 is 2.50 bits per heavy atom. The molecule has 0 aromatic heterocycles. The van der Waals surface area contributed by atoms with E-state index in [0.717, 1.165) is 5.56 Å². The summed E-state index contributed by atoms with van der Waals surface area (Å²) < 4.78 is 0. The minimum Gasteiger partial charge on any atom is -0.478 e. The van der Waals surface area contributed by atoms with E-state index in [9.17, 15) is 9.59 Å². The lowest BCUT2D eigenvalue weighted by Crippen LogP contribution is -2.19. The number of carbonyl (C=O) groups is 2. The van der Waals surface area contributed by atoms with E-state index in [1.54, 1.807) is 13.0 Å². The topological polar surface area (TPSA) is 66.4 Å². The zero-order valence-corrected chi connectivity index (χ0v) is 9.84. The highest BCUT2D eigenvalue weighted by Crippen LogP contribution is 2.18. The maximum atomic E-state index is 11.2. The number of nitrogens with one attached hydrogen (secondary N) is 1. The molecule has 0 saturated heterocycles. The smallest absolute Gasteiger partial charge is 0.335 e. The summed E-state index contributed by atoms with van der Waals surface area (Å²) >= 11 is 10.7. The molecule has 0 aliphatic rings. The molecule has 1 aromatic carbocycles. The summed E-state index contributed by atoms with van der Waals surface area (Å²) in [4.78, 5) is 20.8. The molecule has 0 fully saturated rings. The van der Waals surface area contributed by atoms with Crippen molar-refractivity contribution in [2.24, 2.45) is 0 Å². The van der Waals surface area contributed by atoms with E-state index in [4.69, 9.17) is 28.3 Å². The van der Waals surface area contributed by atoms with Crippen LogP contribution < -0.4 is 5.32 Å². The number of anilines is 1. The van der Waals surface area contributed by atoms with Crippen LogP contribution in [-0.4, -0.2) is 21.8 Å². The van der Waals surface area contributed by atoms with Gasteiger partial charge in [-0.15, -0.1) is 0 Å². The summed E-state index contributed by atoms with van der Waals surface area (Å²) in [6, 6.07) is 4.40. The van der Waals surface area contributed by atoms with Crippen molar-refractivity contribution in [3.63, 3.8) is 0 Å². The third kappa shape index (κ3) is 3.12. The molecule has 0 heterocycles. The van der Waals surface area contributed by atoms with Crippen molar-refractivity contribution in [1.82, 2.24) is 0 Å². The van der Waals surface area contributed by atoms with Gasteiger partial charge in [0.05, 0.1) is 5.56 Å². The highest BCUT2D eigenvalue weighted by atomic mass is 35.5. The van der Waals surface area contributed by atoms with Crippen LogP contribution in [0.3, 0.4) is 0 Å². The standard InChI is InChI=1S/C10H9Cl2NO3/c1-5-2-3-6(10(15)16)4-7(5)13-9(14)8(11)12/h2-4,8H,1H3,(H,13,14)(H,15,16).